The van der Waals surface area contributed by atoms with Gasteiger partial charge in [0.05, 0.1) is 13.2 Å². The molecule has 4 heterocycles. The number of hydrogen-bond donors (Lipinski definition) is 2. The highest BCUT2D eigenvalue weighted by Crippen LogP contribution is 2.49. The summed E-state index contributed by atoms with van der Waals surface area (Å²) in [5, 5.41) is 15.5. The van der Waals surface area contributed by atoms with Crippen molar-refractivity contribution in [2.75, 3.05) is 25.5 Å². The Morgan fingerprint density at radius 3 is 2.89 bits per heavy atom. The van der Waals surface area contributed by atoms with Crippen LogP contribution < -0.4 is 15.4 Å². The molecule has 1 unspecified atom stereocenters. The van der Waals surface area contributed by atoms with E-state index in [0.29, 0.717) is 24.0 Å². The SMILES string of the molecule is COC(=O)N[C@H](C(=O)N1[C@H](CN2C[C@@]3(C[C@H]2C#N)Oc2cccnc2NC3=O)CC2C[C@@H]21)C(C)(C)C. The van der Waals surface area contributed by atoms with Crippen LogP contribution in [0.3, 0.4) is 0 Å². The molecule has 3 fully saturated rings. The summed E-state index contributed by atoms with van der Waals surface area (Å²) in [5.41, 5.74) is -1.71. The van der Waals surface area contributed by atoms with Crippen LogP contribution in [0.4, 0.5) is 10.6 Å². The maximum Gasteiger partial charge on any atom is 0.407 e. The second-order valence-corrected chi connectivity index (χ2v) is 11.3. The number of hydrogen-bond acceptors (Lipinski definition) is 8. The molecule has 1 aromatic heterocycles. The maximum atomic E-state index is 13.8. The van der Waals surface area contributed by atoms with Gasteiger partial charge in [-0.05, 0) is 36.3 Å². The third-order valence-corrected chi connectivity index (χ3v) is 7.76. The number of pyridine rings is 1. The Morgan fingerprint density at radius 2 is 2.19 bits per heavy atom. The van der Waals surface area contributed by atoms with E-state index in [1.807, 2.05) is 30.6 Å². The van der Waals surface area contributed by atoms with Crippen LogP contribution in [0.5, 0.6) is 5.75 Å². The molecule has 3 aliphatic heterocycles. The van der Waals surface area contributed by atoms with Crippen molar-refractivity contribution in [1.29, 1.82) is 5.26 Å². The number of aromatic nitrogens is 1. The first-order valence-corrected chi connectivity index (χ1v) is 12.3. The minimum Gasteiger partial charge on any atom is -0.472 e. The van der Waals surface area contributed by atoms with E-state index in [1.54, 1.807) is 18.3 Å². The van der Waals surface area contributed by atoms with Gasteiger partial charge in [-0.2, -0.15) is 5.26 Å². The molecule has 5 rings (SSSR count). The van der Waals surface area contributed by atoms with Crippen LogP contribution in [0.15, 0.2) is 18.3 Å². The number of rotatable bonds is 4. The van der Waals surface area contributed by atoms with Crippen molar-refractivity contribution < 1.29 is 23.9 Å². The first-order valence-electron chi connectivity index (χ1n) is 12.3. The summed E-state index contributed by atoms with van der Waals surface area (Å²) >= 11 is 0. The summed E-state index contributed by atoms with van der Waals surface area (Å²) < 4.78 is 10.9. The number of piperidine rings is 1. The lowest BCUT2D eigenvalue weighted by Gasteiger charge is -2.38. The van der Waals surface area contributed by atoms with Gasteiger partial charge in [-0.1, -0.05) is 20.8 Å². The second kappa shape index (κ2) is 8.62. The van der Waals surface area contributed by atoms with E-state index < -0.39 is 29.2 Å². The van der Waals surface area contributed by atoms with Crippen LogP contribution >= 0.6 is 0 Å². The van der Waals surface area contributed by atoms with Crippen LogP contribution in [-0.2, 0) is 14.3 Å². The van der Waals surface area contributed by atoms with Gasteiger partial charge < -0.3 is 25.0 Å². The number of nitrogens with zero attached hydrogens (tertiary/aromatic N) is 4. The lowest BCUT2D eigenvalue weighted by molar-refractivity contribution is -0.138. The average molecular weight is 497 g/mol. The van der Waals surface area contributed by atoms with E-state index in [1.165, 1.54) is 7.11 Å². The highest BCUT2D eigenvalue weighted by Gasteiger charge is 2.59. The molecule has 0 aromatic carbocycles. The van der Waals surface area contributed by atoms with Crippen molar-refractivity contribution in [2.45, 2.75) is 69.8 Å². The Morgan fingerprint density at radius 1 is 1.42 bits per heavy atom. The summed E-state index contributed by atoms with van der Waals surface area (Å²) in [6.45, 7) is 6.40. The fourth-order valence-electron chi connectivity index (χ4n) is 5.86. The molecule has 1 saturated carbocycles. The lowest BCUT2D eigenvalue weighted by atomic mass is 9.85. The molecule has 0 radical (unpaired) electrons. The molecule has 11 heteroatoms. The van der Waals surface area contributed by atoms with Gasteiger partial charge in [-0.25, -0.2) is 9.78 Å². The van der Waals surface area contributed by atoms with Crippen molar-refractivity contribution in [3.8, 4) is 11.8 Å². The quantitative estimate of drug-likeness (QED) is 0.640. The smallest absolute Gasteiger partial charge is 0.407 e. The number of carbonyl (C=O) groups excluding carboxylic acids is 3. The van der Waals surface area contributed by atoms with E-state index in [0.717, 1.165) is 12.8 Å². The third-order valence-electron chi connectivity index (χ3n) is 7.76. The van der Waals surface area contributed by atoms with Crippen molar-refractivity contribution in [1.82, 2.24) is 20.1 Å². The van der Waals surface area contributed by atoms with Gasteiger partial charge >= 0.3 is 6.09 Å². The molecule has 1 spiro atoms. The molecule has 2 N–H and O–H groups in total. The number of nitriles is 1. The van der Waals surface area contributed by atoms with E-state index in [2.05, 4.69) is 21.7 Å². The van der Waals surface area contributed by atoms with E-state index in [4.69, 9.17) is 9.47 Å². The summed E-state index contributed by atoms with van der Waals surface area (Å²) in [6, 6.07) is 4.54. The predicted octanol–water partition coefficient (Wildman–Crippen LogP) is 1.51. The highest BCUT2D eigenvalue weighted by molar-refractivity contribution is 6.00. The Labute approximate surface area is 210 Å². The Bertz CT molecular complexity index is 1130. The van der Waals surface area contributed by atoms with Crippen molar-refractivity contribution in [3.05, 3.63) is 18.3 Å². The number of carbonyl (C=O) groups is 3. The molecule has 2 saturated heterocycles. The molecule has 1 aromatic rings. The van der Waals surface area contributed by atoms with Gasteiger partial charge in [0, 0.05) is 37.8 Å². The van der Waals surface area contributed by atoms with Gasteiger partial charge in [-0.3, -0.25) is 14.5 Å². The topological polar surface area (TPSA) is 137 Å². The number of anilines is 1. The van der Waals surface area contributed by atoms with E-state index in [9.17, 15) is 19.6 Å². The summed E-state index contributed by atoms with van der Waals surface area (Å²) in [6.07, 6.45) is 2.93. The Balaban J connectivity index is 1.35. The minimum absolute atomic E-state index is 0.128. The number of amides is 3. The number of methoxy groups -OCH3 is 1. The third kappa shape index (κ3) is 4.13. The predicted molar refractivity (Wildman–Crippen MR) is 128 cm³/mol. The van der Waals surface area contributed by atoms with Gasteiger partial charge in [-0.15, -0.1) is 0 Å². The molecule has 36 heavy (non-hydrogen) atoms. The number of fused-ring (bicyclic) bond motifs is 2. The van der Waals surface area contributed by atoms with Gasteiger partial charge in [0.25, 0.3) is 5.91 Å². The highest BCUT2D eigenvalue weighted by atomic mass is 16.5. The number of likely N-dealkylation sites (tertiary alicyclic amines) is 2. The Hall–Kier alpha value is -3.39. The van der Waals surface area contributed by atoms with Crippen LogP contribution in [0.1, 0.15) is 40.0 Å². The van der Waals surface area contributed by atoms with E-state index in [-0.39, 0.29) is 36.9 Å². The number of ether oxygens (including phenoxy) is 2. The van der Waals surface area contributed by atoms with Gasteiger partial charge in [0.2, 0.25) is 11.5 Å². The van der Waals surface area contributed by atoms with Crippen molar-refractivity contribution >= 4 is 23.7 Å². The zero-order valence-corrected chi connectivity index (χ0v) is 21.0. The maximum absolute atomic E-state index is 13.8. The average Bonchev–Trinajstić information content (AvgIpc) is 3.35. The van der Waals surface area contributed by atoms with Crippen LogP contribution in [0.2, 0.25) is 0 Å². The van der Waals surface area contributed by atoms with Crippen molar-refractivity contribution in [3.63, 3.8) is 0 Å². The fourth-order valence-corrected chi connectivity index (χ4v) is 5.86. The zero-order chi connectivity index (χ0) is 25.8. The molecule has 6 atom stereocenters. The molecule has 11 nitrogen and oxygen atoms in total. The molecule has 0 bridgehead atoms. The zero-order valence-electron chi connectivity index (χ0n) is 21.0. The van der Waals surface area contributed by atoms with E-state index >= 15 is 0 Å². The second-order valence-electron chi connectivity index (χ2n) is 11.3. The summed E-state index contributed by atoms with van der Waals surface area (Å²) in [7, 11) is 1.28. The van der Waals surface area contributed by atoms with Crippen LogP contribution in [-0.4, -0.2) is 82.7 Å². The molecule has 4 aliphatic rings. The van der Waals surface area contributed by atoms with Crippen LogP contribution in [0.25, 0.3) is 0 Å². The first kappa shape index (κ1) is 24.3. The normalized spacial score (nSPS) is 31.5. The fraction of sp³-hybridized carbons (Fsp3) is 0.640. The molecular weight excluding hydrogens is 464 g/mol. The molecule has 192 valence electrons. The lowest BCUT2D eigenvalue weighted by Crippen LogP contribution is -2.58. The monoisotopic (exact) mass is 496 g/mol. The molecule has 3 amide bonds. The summed E-state index contributed by atoms with van der Waals surface area (Å²) in [5.74, 6) is 0.822. The standard InChI is InChI=1S/C25H32N6O5/c1-24(2,3)19(28-23(34)35-4)21(32)31-15(8-14-9-17(14)31)12-30-13-25(10-16(30)11-26)22(33)29-20-18(36-25)6-5-7-27-20/h5-7,14-17,19H,8-10,12-13H2,1-4H3,(H,28,34)(H,27,29,33)/t14?,15-,16-,17-,19+,25+/m0/s1. The number of nitrogens with one attached hydrogen (secondary N) is 2. The Kier molecular flexibility index (Phi) is 5.82. The number of alkyl carbamates (subject to hydrolysis) is 1. The molecular formula is C25H32N6O5. The van der Waals surface area contributed by atoms with Gasteiger partial charge in [0.15, 0.2) is 11.6 Å². The summed E-state index contributed by atoms with van der Waals surface area (Å²) in [4.78, 5) is 46.9. The first-order chi connectivity index (χ1) is 17.1. The largest absolute Gasteiger partial charge is 0.472 e. The van der Waals surface area contributed by atoms with Gasteiger partial charge in [0.1, 0.15) is 12.1 Å². The molecule has 1 aliphatic carbocycles. The van der Waals surface area contributed by atoms with Crippen molar-refractivity contribution in [2.24, 2.45) is 11.3 Å². The minimum atomic E-state index is -1.19. The van der Waals surface area contributed by atoms with Crippen LogP contribution in [0, 0.1) is 22.7 Å².